The Balaban J connectivity index is 1.52. The van der Waals surface area contributed by atoms with E-state index in [1.807, 2.05) is 6.07 Å². The van der Waals surface area contributed by atoms with E-state index in [1.165, 1.54) is 6.07 Å². The van der Waals surface area contributed by atoms with Crippen molar-refractivity contribution in [1.82, 2.24) is 24.9 Å². The third-order valence-corrected chi connectivity index (χ3v) is 5.50. The molecule has 9 heteroatoms. The number of anilines is 1. The minimum absolute atomic E-state index is 0.0322. The lowest BCUT2D eigenvalue weighted by molar-refractivity contribution is 0.240. The molecular weight excluding hydrogens is 378 g/mol. The average Bonchev–Trinajstić information content (AvgIpc) is 3.50. The van der Waals surface area contributed by atoms with Crippen LogP contribution in [0.25, 0.3) is 17.0 Å². The van der Waals surface area contributed by atoms with E-state index in [-0.39, 0.29) is 5.82 Å². The standard InChI is InChI=1S/C20H22F2N6O/c1-29-17-8-18-24-10-16(28(18)27-19(17)11-2-3-11)14-5-4-13(22)20(25-14)26-15-9-23-7-6-12(15)21/h4-5,8,10-12,15,23H,2-3,6-7,9H2,1H3,(H,25,26)/t12-,15-/m0/s1. The SMILES string of the molecule is COc1cc2ncc(-c3ccc(F)c(N[C@H]4CNCC[C@@H]4F)n3)n2nc1C1CC1. The van der Waals surface area contributed by atoms with Crippen molar-refractivity contribution in [2.24, 2.45) is 0 Å². The number of halogens is 2. The number of alkyl halides is 1. The minimum atomic E-state index is -1.05. The summed E-state index contributed by atoms with van der Waals surface area (Å²) in [4.78, 5) is 8.81. The van der Waals surface area contributed by atoms with E-state index in [2.05, 4.69) is 20.6 Å². The van der Waals surface area contributed by atoms with Gasteiger partial charge in [0, 0.05) is 18.5 Å². The van der Waals surface area contributed by atoms with Crippen LogP contribution in [0.1, 0.15) is 30.9 Å². The van der Waals surface area contributed by atoms with Gasteiger partial charge in [0.1, 0.15) is 23.3 Å². The van der Waals surface area contributed by atoms with Crippen LogP contribution in [0.4, 0.5) is 14.6 Å². The lowest BCUT2D eigenvalue weighted by Crippen LogP contribution is -2.46. The van der Waals surface area contributed by atoms with Gasteiger partial charge in [0.2, 0.25) is 0 Å². The molecule has 3 aromatic rings. The van der Waals surface area contributed by atoms with Gasteiger partial charge in [0.25, 0.3) is 0 Å². The van der Waals surface area contributed by atoms with Crippen LogP contribution < -0.4 is 15.4 Å². The summed E-state index contributed by atoms with van der Waals surface area (Å²) in [7, 11) is 1.63. The molecule has 7 nitrogen and oxygen atoms in total. The summed E-state index contributed by atoms with van der Waals surface area (Å²) in [6.45, 7) is 1.05. The summed E-state index contributed by atoms with van der Waals surface area (Å²) in [6, 6.07) is 4.25. The molecule has 0 radical (unpaired) electrons. The number of imidazole rings is 1. The second-order valence-corrected chi connectivity index (χ2v) is 7.57. The highest BCUT2D eigenvalue weighted by Crippen LogP contribution is 2.43. The Kier molecular flexibility index (Phi) is 4.54. The molecule has 1 aliphatic heterocycles. The molecule has 0 bridgehead atoms. The van der Waals surface area contributed by atoms with Gasteiger partial charge >= 0.3 is 0 Å². The normalized spacial score (nSPS) is 22.0. The number of nitrogens with one attached hydrogen (secondary N) is 2. The van der Waals surface area contributed by atoms with Gasteiger partial charge in [-0.25, -0.2) is 23.3 Å². The molecule has 0 spiro atoms. The number of pyridine rings is 1. The Morgan fingerprint density at radius 1 is 1.28 bits per heavy atom. The van der Waals surface area contributed by atoms with Crippen LogP contribution >= 0.6 is 0 Å². The zero-order chi connectivity index (χ0) is 20.0. The maximum absolute atomic E-state index is 14.4. The molecule has 0 amide bonds. The molecule has 2 fully saturated rings. The van der Waals surface area contributed by atoms with Crippen molar-refractivity contribution < 1.29 is 13.5 Å². The first-order chi connectivity index (χ1) is 14.1. The first-order valence-electron chi connectivity index (χ1n) is 9.85. The lowest BCUT2D eigenvalue weighted by atomic mass is 10.1. The Morgan fingerprint density at radius 2 is 2.14 bits per heavy atom. The third-order valence-electron chi connectivity index (χ3n) is 5.50. The summed E-state index contributed by atoms with van der Waals surface area (Å²) in [5.41, 5.74) is 2.68. The average molecular weight is 400 g/mol. The molecule has 152 valence electrons. The van der Waals surface area contributed by atoms with E-state index in [0.29, 0.717) is 42.5 Å². The zero-order valence-electron chi connectivity index (χ0n) is 16.0. The van der Waals surface area contributed by atoms with Crippen molar-refractivity contribution in [2.75, 3.05) is 25.5 Å². The maximum Gasteiger partial charge on any atom is 0.165 e. The van der Waals surface area contributed by atoms with E-state index in [4.69, 9.17) is 9.84 Å². The molecule has 0 unspecified atom stereocenters. The number of piperidine rings is 1. The number of ether oxygens (including phenoxy) is 1. The van der Waals surface area contributed by atoms with Gasteiger partial charge in [-0.05, 0) is 37.9 Å². The first-order valence-corrected chi connectivity index (χ1v) is 9.85. The number of nitrogens with zero attached hydrogens (tertiary/aromatic N) is 4. The maximum atomic E-state index is 14.4. The summed E-state index contributed by atoms with van der Waals surface area (Å²) < 4.78 is 35.7. The molecule has 2 atom stereocenters. The molecule has 1 aliphatic carbocycles. The summed E-state index contributed by atoms with van der Waals surface area (Å²) in [6.07, 6.45) is 3.17. The monoisotopic (exact) mass is 400 g/mol. The summed E-state index contributed by atoms with van der Waals surface area (Å²) >= 11 is 0. The predicted molar refractivity (Wildman–Crippen MR) is 104 cm³/mol. The fourth-order valence-electron chi connectivity index (χ4n) is 3.72. The number of hydrogen-bond donors (Lipinski definition) is 2. The molecule has 5 rings (SSSR count). The third kappa shape index (κ3) is 3.39. The molecule has 0 aromatic carbocycles. The van der Waals surface area contributed by atoms with Crippen LogP contribution in [0.15, 0.2) is 24.4 Å². The number of hydrogen-bond acceptors (Lipinski definition) is 6. The van der Waals surface area contributed by atoms with Crippen LogP contribution in [-0.4, -0.2) is 52.0 Å². The van der Waals surface area contributed by atoms with Crippen LogP contribution in [0, 0.1) is 5.82 Å². The van der Waals surface area contributed by atoms with E-state index >= 15 is 0 Å². The van der Waals surface area contributed by atoms with Gasteiger partial charge in [-0.15, -0.1) is 0 Å². The quantitative estimate of drug-likeness (QED) is 0.686. The van der Waals surface area contributed by atoms with Crippen molar-refractivity contribution in [2.45, 2.75) is 37.4 Å². The van der Waals surface area contributed by atoms with Crippen molar-refractivity contribution in [3.05, 3.63) is 35.9 Å². The van der Waals surface area contributed by atoms with Crippen molar-refractivity contribution in [1.29, 1.82) is 0 Å². The van der Waals surface area contributed by atoms with Crippen molar-refractivity contribution in [3.63, 3.8) is 0 Å². The Bertz CT molecular complexity index is 1050. The fourth-order valence-corrected chi connectivity index (χ4v) is 3.72. The Labute approximate surface area is 166 Å². The van der Waals surface area contributed by atoms with Gasteiger partial charge in [-0.3, -0.25) is 0 Å². The molecule has 2 N–H and O–H groups in total. The van der Waals surface area contributed by atoms with E-state index in [9.17, 15) is 8.78 Å². The van der Waals surface area contributed by atoms with Gasteiger partial charge in [-0.1, -0.05) is 0 Å². The highest BCUT2D eigenvalue weighted by Gasteiger charge is 2.30. The number of aromatic nitrogens is 4. The van der Waals surface area contributed by atoms with Crippen molar-refractivity contribution >= 4 is 11.5 Å². The van der Waals surface area contributed by atoms with E-state index in [1.54, 1.807) is 23.9 Å². The summed E-state index contributed by atoms with van der Waals surface area (Å²) in [5, 5.41) is 10.8. The van der Waals surface area contributed by atoms with Crippen LogP contribution in [0.3, 0.4) is 0 Å². The smallest absolute Gasteiger partial charge is 0.165 e. The molecule has 1 saturated heterocycles. The topological polar surface area (TPSA) is 76.4 Å². The Hall–Kier alpha value is -2.81. The first kappa shape index (κ1) is 18.2. The number of fused-ring (bicyclic) bond motifs is 1. The molecule has 4 heterocycles. The number of methoxy groups -OCH3 is 1. The van der Waals surface area contributed by atoms with Gasteiger partial charge in [-0.2, -0.15) is 5.10 Å². The predicted octanol–water partition coefficient (Wildman–Crippen LogP) is 2.93. The summed E-state index contributed by atoms with van der Waals surface area (Å²) in [5.74, 6) is 0.632. The molecule has 1 saturated carbocycles. The highest BCUT2D eigenvalue weighted by atomic mass is 19.1. The van der Waals surface area contributed by atoms with Crippen LogP contribution in [0.5, 0.6) is 5.75 Å². The Morgan fingerprint density at radius 3 is 2.90 bits per heavy atom. The van der Waals surface area contributed by atoms with Crippen LogP contribution in [0.2, 0.25) is 0 Å². The zero-order valence-corrected chi connectivity index (χ0v) is 16.0. The minimum Gasteiger partial charge on any atom is -0.495 e. The van der Waals surface area contributed by atoms with Crippen LogP contribution in [-0.2, 0) is 0 Å². The highest BCUT2D eigenvalue weighted by molar-refractivity contribution is 5.62. The molecule has 29 heavy (non-hydrogen) atoms. The molecule has 2 aliphatic rings. The second-order valence-electron chi connectivity index (χ2n) is 7.57. The van der Waals surface area contributed by atoms with Gasteiger partial charge in [0.05, 0.1) is 25.0 Å². The van der Waals surface area contributed by atoms with E-state index < -0.39 is 18.0 Å². The molecule has 3 aromatic heterocycles. The van der Waals surface area contributed by atoms with Gasteiger partial charge in [0.15, 0.2) is 17.3 Å². The fraction of sp³-hybridized carbons (Fsp3) is 0.450. The largest absolute Gasteiger partial charge is 0.495 e. The van der Waals surface area contributed by atoms with Gasteiger partial charge < -0.3 is 15.4 Å². The lowest BCUT2D eigenvalue weighted by Gasteiger charge is -2.28. The second kappa shape index (κ2) is 7.22. The van der Waals surface area contributed by atoms with Crippen molar-refractivity contribution in [3.8, 4) is 17.1 Å². The molecular formula is C20H22F2N6O. The van der Waals surface area contributed by atoms with E-state index in [0.717, 1.165) is 24.3 Å². The number of rotatable bonds is 5.